The molecule has 1 atom stereocenters. The van der Waals surface area contributed by atoms with Crippen LogP contribution in [0.4, 0.5) is 11.4 Å². The molecule has 0 saturated heterocycles. The van der Waals surface area contributed by atoms with Crippen molar-refractivity contribution in [2.45, 2.75) is 27.0 Å². The molecule has 0 spiro atoms. The first-order chi connectivity index (χ1) is 18.7. The van der Waals surface area contributed by atoms with Gasteiger partial charge in [0.1, 0.15) is 5.75 Å². The molecule has 1 unspecified atom stereocenters. The number of likely N-dealkylation sites (N-methyl/N-ethyl adjacent to an activating group) is 1. The highest BCUT2D eigenvalue weighted by molar-refractivity contribution is 5.79. The largest absolute Gasteiger partial charge is 0.465 e. The second-order valence-corrected chi connectivity index (χ2v) is 10.3. The van der Waals surface area contributed by atoms with E-state index in [-0.39, 0.29) is 5.56 Å². The van der Waals surface area contributed by atoms with E-state index >= 15 is 0 Å². The van der Waals surface area contributed by atoms with Crippen LogP contribution in [0.5, 0.6) is 11.5 Å². The summed E-state index contributed by atoms with van der Waals surface area (Å²) < 4.78 is 16.3. The van der Waals surface area contributed by atoms with E-state index in [4.69, 9.17) is 9.47 Å². The molecule has 7 nitrogen and oxygen atoms in total. The van der Waals surface area contributed by atoms with Gasteiger partial charge < -0.3 is 19.3 Å². The Labute approximate surface area is 228 Å². The van der Waals surface area contributed by atoms with E-state index in [1.54, 1.807) is 4.68 Å². The van der Waals surface area contributed by atoms with Crippen LogP contribution in [0.1, 0.15) is 22.4 Å². The Balaban J connectivity index is 1.50. The van der Waals surface area contributed by atoms with E-state index in [9.17, 15) is 4.79 Å². The predicted octanol–water partition coefficient (Wildman–Crippen LogP) is 5.71. The van der Waals surface area contributed by atoms with Crippen LogP contribution in [0, 0.1) is 20.8 Å². The third-order valence-electron chi connectivity index (χ3n) is 7.59. The number of benzene rings is 3. The number of fused-ring (bicyclic) bond motifs is 2. The number of allylic oxidation sites excluding steroid dienone is 2. The maximum Gasteiger partial charge on any atom is 0.279 e. The fourth-order valence-corrected chi connectivity index (χ4v) is 5.30. The summed E-state index contributed by atoms with van der Waals surface area (Å²) in [6.07, 6.45) is 3.56. The first kappa shape index (κ1) is 24.7. The number of rotatable bonds is 4. The van der Waals surface area contributed by atoms with Gasteiger partial charge in [-0.05, 0) is 79.9 Å². The summed E-state index contributed by atoms with van der Waals surface area (Å²) in [4.78, 5) is 18.1. The van der Waals surface area contributed by atoms with Crippen LogP contribution in [0.2, 0.25) is 0 Å². The molecule has 1 aromatic heterocycles. The summed E-state index contributed by atoms with van der Waals surface area (Å²) in [5.74, 6) is 2.27. The fourth-order valence-electron chi connectivity index (χ4n) is 5.30. The van der Waals surface area contributed by atoms with Crippen molar-refractivity contribution >= 4 is 16.9 Å². The Morgan fingerprint density at radius 1 is 0.846 bits per heavy atom. The van der Waals surface area contributed by atoms with E-state index in [0.717, 1.165) is 51.0 Å². The zero-order valence-electron chi connectivity index (χ0n) is 23.1. The molecule has 3 aromatic carbocycles. The lowest BCUT2D eigenvalue weighted by Crippen LogP contribution is -2.29. The molecule has 4 aromatic rings. The molecule has 198 valence electrons. The summed E-state index contributed by atoms with van der Waals surface area (Å²) in [5.41, 5.74) is 7.12. The van der Waals surface area contributed by atoms with Crippen molar-refractivity contribution in [1.82, 2.24) is 9.36 Å². The van der Waals surface area contributed by atoms with Gasteiger partial charge >= 0.3 is 0 Å². The third-order valence-corrected chi connectivity index (χ3v) is 7.59. The average Bonchev–Trinajstić information content (AvgIpc) is 3.47. The quantitative estimate of drug-likeness (QED) is 0.345. The molecule has 39 heavy (non-hydrogen) atoms. The van der Waals surface area contributed by atoms with Crippen LogP contribution >= 0.6 is 0 Å². The zero-order chi connectivity index (χ0) is 27.4. The third kappa shape index (κ3) is 4.11. The van der Waals surface area contributed by atoms with Crippen LogP contribution in [-0.2, 0) is 7.05 Å². The van der Waals surface area contributed by atoms with Crippen molar-refractivity contribution in [1.29, 1.82) is 0 Å². The Hall–Kier alpha value is -4.65. The SMILES string of the molecule is Cc1ccc2c(c1)O/C(=C/C(=C/C1Oc3cc(C)ccc3N1C)c1c(C)n(C)n(-c3ccccc3)c1=O)N2C. The van der Waals surface area contributed by atoms with Gasteiger partial charge in [0.2, 0.25) is 5.88 Å². The number of aryl methyl sites for hydroxylation is 2. The topological polar surface area (TPSA) is 51.9 Å². The van der Waals surface area contributed by atoms with E-state index < -0.39 is 6.23 Å². The number of nitrogens with zero attached hydrogens (tertiary/aromatic N) is 4. The van der Waals surface area contributed by atoms with Crippen molar-refractivity contribution in [3.05, 3.63) is 118 Å². The standard InChI is InChI=1S/C32H32N4O3/c1-20-12-14-25-27(16-20)38-29(33(25)4)18-23(19-30-34(5)26-15-13-21(2)17-28(26)39-30)31-22(3)35(6)36(32(31)37)24-10-8-7-9-11-24/h7-19,29H,1-6H3/b23-18-,30-19+. The molecule has 0 amide bonds. The molecule has 6 rings (SSSR count). The van der Waals surface area contributed by atoms with E-state index in [2.05, 4.69) is 36.1 Å². The second kappa shape index (κ2) is 9.27. The predicted molar refractivity (Wildman–Crippen MR) is 156 cm³/mol. The average molecular weight is 521 g/mol. The van der Waals surface area contributed by atoms with Crippen molar-refractivity contribution in [3.63, 3.8) is 0 Å². The Morgan fingerprint density at radius 3 is 2.23 bits per heavy atom. The molecular weight excluding hydrogens is 488 g/mol. The van der Waals surface area contributed by atoms with Gasteiger partial charge in [0, 0.05) is 32.9 Å². The summed E-state index contributed by atoms with van der Waals surface area (Å²) in [5, 5.41) is 0. The summed E-state index contributed by atoms with van der Waals surface area (Å²) in [7, 11) is 5.89. The molecule has 0 bridgehead atoms. The van der Waals surface area contributed by atoms with Gasteiger partial charge in [-0.15, -0.1) is 0 Å². The lowest BCUT2D eigenvalue weighted by Gasteiger charge is -2.19. The molecule has 3 heterocycles. The first-order valence-electron chi connectivity index (χ1n) is 13.0. The lowest BCUT2D eigenvalue weighted by molar-refractivity contribution is 0.280. The van der Waals surface area contributed by atoms with Crippen molar-refractivity contribution in [3.8, 4) is 17.2 Å². The van der Waals surface area contributed by atoms with Crippen molar-refractivity contribution in [2.24, 2.45) is 7.05 Å². The number of aromatic nitrogens is 2. The monoisotopic (exact) mass is 520 g/mol. The molecule has 2 aliphatic heterocycles. The van der Waals surface area contributed by atoms with Crippen LogP contribution in [0.25, 0.3) is 11.3 Å². The minimum Gasteiger partial charge on any atom is -0.465 e. The number of para-hydroxylation sites is 1. The highest BCUT2D eigenvalue weighted by Crippen LogP contribution is 2.41. The van der Waals surface area contributed by atoms with Gasteiger partial charge in [0.05, 0.1) is 22.6 Å². The highest BCUT2D eigenvalue weighted by Gasteiger charge is 2.30. The smallest absolute Gasteiger partial charge is 0.279 e. The summed E-state index contributed by atoms with van der Waals surface area (Å²) in [6.45, 7) is 6.06. The van der Waals surface area contributed by atoms with Crippen LogP contribution in [0.3, 0.4) is 0 Å². The van der Waals surface area contributed by atoms with Crippen LogP contribution in [0.15, 0.2) is 89.6 Å². The molecule has 0 N–H and O–H groups in total. The van der Waals surface area contributed by atoms with Gasteiger partial charge in [-0.1, -0.05) is 30.3 Å². The molecular formula is C32H32N4O3. The lowest BCUT2D eigenvalue weighted by atomic mass is 10.0. The molecule has 2 aliphatic rings. The van der Waals surface area contributed by atoms with Crippen molar-refractivity contribution in [2.75, 3.05) is 23.9 Å². The fraction of sp³-hybridized carbons (Fsp3) is 0.219. The molecule has 0 fully saturated rings. The molecule has 0 aliphatic carbocycles. The Kier molecular flexibility index (Phi) is 5.87. The zero-order valence-corrected chi connectivity index (χ0v) is 23.1. The number of anilines is 2. The minimum atomic E-state index is -0.394. The van der Waals surface area contributed by atoms with Gasteiger partial charge in [-0.3, -0.25) is 9.48 Å². The number of ether oxygens (including phenoxy) is 2. The van der Waals surface area contributed by atoms with Gasteiger partial charge in [-0.2, -0.15) is 0 Å². The Bertz CT molecular complexity index is 1710. The minimum absolute atomic E-state index is 0.104. The summed E-state index contributed by atoms with van der Waals surface area (Å²) >= 11 is 0. The maximum atomic E-state index is 14.1. The number of hydrogen-bond acceptors (Lipinski definition) is 5. The number of hydrogen-bond donors (Lipinski definition) is 0. The summed E-state index contributed by atoms with van der Waals surface area (Å²) in [6, 6.07) is 22.0. The molecule has 7 heteroatoms. The molecule has 0 radical (unpaired) electrons. The first-order valence-corrected chi connectivity index (χ1v) is 13.0. The van der Waals surface area contributed by atoms with Gasteiger partial charge in [-0.25, -0.2) is 4.68 Å². The van der Waals surface area contributed by atoms with Crippen LogP contribution in [-0.4, -0.2) is 29.7 Å². The van der Waals surface area contributed by atoms with E-state index in [0.29, 0.717) is 11.4 Å². The van der Waals surface area contributed by atoms with E-state index in [1.165, 1.54) is 0 Å². The van der Waals surface area contributed by atoms with Crippen LogP contribution < -0.4 is 24.8 Å². The highest BCUT2D eigenvalue weighted by atomic mass is 16.5. The molecule has 0 saturated carbocycles. The van der Waals surface area contributed by atoms with Gasteiger partial charge in [0.15, 0.2) is 12.0 Å². The van der Waals surface area contributed by atoms with Crippen molar-refractivity contribution < 1.29 is 9.47 Å². The second-order valence-electron chi connectivity index (χ2n) is 10.3. The van der Waals surface area contributed by atoms with E-state index in [1.807, 2.05) is 99.2 Å². The van der Waals surface area contributed by atoms with Gasteiger partial charge in [0.25, 0.3) is 5.56 Å². The normalized spacial score (nSPS) is 17.3. The Morgan fingerprint density at radius 2 is 1.51 bits per heavy atom. The maximum absolute atomic E-state index is 14.1.